The molecule has 1 aliphatic heterocycles. The number of nitrogens with zero attached hydrogens (tertiary/aromatic N) is 2. The number of carbonyl (C=O) groups excluding carboxylic acids is 1. The molecular weight excluding hydrogens is 487 g/mol. The molecule has 1 fully saturated rings. The normalized spacial score (nSPS) is 16.9. The van der Waals surface area contributed by atoms with Crippen LogP contribution in [0.4, 0.5) is 4.79 Å². The standard InChI is InChI=1S/C20H40N4O4.HI/c1-6-21-18(22-10-8-13-26-15-17-9-14-27-16-17)23-11-12-24(7-2)19(25)28-20(3,4)5;/h17H,6-16H2,1-5H3,(H2,21,22,23);1H. The number of aliphatic imine (C=N–C) groups is 1. The number of carbonyl (C=O) groups is 1. The van der Waals surface area contributed by atoms with Gasteiger partial charge in [0.1, 0.15) is 5.60 Å². The number of guanidine groups is 1. The fraction of sp³-hybridized carbons (Fsp3) is 0.900. The summed E-state index contributed by atoms with van der Waals surface area (Å²) in [6.45, 7) is 16.0. The summed E-state index contributed by atoms with van der Waals surface area (Å²) in [5.74, 6) is 1.31. The van der Waals surface area contributed by atoms with E-state index >= 15 is 0 Å². The third-order valence-corrected chi connectivity index (χ3v) is 4.15. The minimum absolute atomic E-state index is 0. The second-order valence-electron chi connectivity index (χ2n) is 7.91. The van der Waals surface area contributed by atoms with Gasteiger partial charge in [-0.1, -0.05) is 0 Å². The molecule has 8 nitrogen and oxygen atoms in total. The van der Waals surface area contributed by atoms with Crippen LogP contribution in [0.25, 0.3) is 0 Å². The molecule has 2 N–H and O–H groups in total. The van der Waals surface area contributed by atoms with Gasteiger partial charge >= 0.3 is 6.09 Å². The Morgan fingerprint density at radius 1 is 1.28 bits per heavy atom. The Morgan fingerprint density at radius 3 is 2.62 bits per heavy atom. The highest BCUT2D eigenvalue weighted by Gasteiger charge is 2.20. The predicted octanol–water partition coefficient (Wildman–Crippen LogP) is 2.86. The SMILES string of the molecule is CCNC(=NCCCOCC1CCOC1)NCCN(CC)C(=O)OC(C)(C)C.I. The molecule has 172 valence electrons. The lowest BCUT2D eigenvalue weighted by atomic mass is 10.1. The minimum Gasteiger partial charge on any atom is -0.444 e. The molecule has 0 aromatic rings. The van der Waals surface area contributed by atoms with Crippen molar-refractivity contribution in [1.82, 2.24) is 15.5 Å². The van der Waals surface area contributed by atoms with Crippen molar-refractivity contribution >= 4 is 36.0 Å². The van der Waals surface area contributed by atoms with E-state index in [4.69, 9.17) is 14.2 Å². The number of hydrogen-bond acceptors (Lipinski definition) is 5. The molecule has 0 saturated carbocycles. The van der Waals surface area contributed by atoms with Crippen molar-refractivity contribution in [2.75, 3.05) is 59.2 Å². The van der Waals surface area contributed by atoms with Crippen molar-refractivity contribution in [1.29, 1.82) is 0 Å². The first-order valence-electron chi connectivity index (χ1n) is 10.5. The van der Waals surface area contributed by atoms with Crippen LogP contribution in [0.1, 0.15) is 47.5 Å². The fourth-order valence-corrected chi connectivity index (χ4v) is 2.68. The summed E-state index contributed by atoms with van der Waals surface area (Å²) in [5.41, 5.74) is -0.485. The van der Waals surface area contributed by atoms with Gasteiger partial charge in [-0.25, -0.2) is 4.79 Å². The van der Waals surface area contributed by atoms with Gasteiger partial charge in [-0.05, 0) is 47.5 Å². The zero-order valence-corrected chi connectivity index (χ0v) is 21.1. The van der Waals surface area contributed by atoms with Crippen LogP contribution in [0, 0.1) is 5.92 Å². The number of rotatable bonds is 11. The van der Waals surface area contributed by atoms with Crippen LogP contribution in [0.5, 0.6) is 0 Å². The Bertz CT molecular complexity index is 466. The van der Waals surface area contributed by atoms with Crippen molar-refractivity contribution in [3.63, 3.8) is 0 Å². The van der Waals surface area contributed by atoms with E-state index < -0.39 is 5.60 Å². The lowest BCUT2D eigenvalue weighted by Crippen LogP contribution is -2.44. The largest absolute Gasteiger partial charge is 0.444 e. The van der Waals surface area contributed by atoms with Crippen LogP contribution >= 0.6 is 24.0 Å². The van der Waals surface area contributed by atoms with Crippen molar-refractivity contribution in [2.24, 2.45) is 10.9 Å². The topological polar surface area (TPSA) is 84.4 Å². The zero-order chi connectivity index (χ0) is 20.8. The van der Waals surface area contributed by atoms with Crippen LogP contribution in [-0.2, 0) is 14.2 Å². The van der Waals surface area contributed by atoms with E-state index in [0.29, 0.717) is 38.7 Å². The maximum absolute atomic E-state index is 12.2. The predicted molar refractivity (Wildman–Crippen MR) is 127 cm³/mol. The Labute approximate surface area is 193 Å². The molecule has 1 amide bonds. The summed E-state index contributed by atoms with van der Waals surface area (Å²) in [5, 5.41) is 6.50. The average molecular weight is 528 g/mol. The van der Waals surface area contributed by atoms with Gasteiger partial charge in [0, 0.05) is 51.9 Å². The first-order chi connectivity index (χ1) is 13.4. The molecule has 0 aliphatic carbocycles. The number of likely N-dealkylation sites (N-methyl/N-ethyl adjacent to an activating group) is 1. The molecule has 1 atom stereocenters. The highest BCUT2D eigenvalue weighted by atomic mass is 127. The molecule has 1 saturated heterocycles. The van der Waals surface area contributed by atoms with E-state index in [0.717, 1.165) is 45.2 Å². The van der Waals surface area contributed by atoms with E-state index in [2.05, 4.69) is 15.6 Å². The Morgan fingerprint density at radius 2 is 2.03 bits per heavy atom. The second-order valence-corrected chi connectivity index (χ2v) is 7.91. The Kier molecular flexibility index (Phi) is 15.5. The maximum atomic E-state index is 12.2. The number of hydrogen-bond donors (Lipinski definition) is 2. The molecular formula is C20H41IN4O4. The van der Waals surface area contributed by atoms with E-state index in [1.54, 1.807) is 4.90 Å². The van der Waals surface area contributed by atoms with Gasteiger partial charge in [0.25, 0.3) is 0 Å². The number of nitrogens with one attached hydrogen (secondary N) is 2. The lowest BCUT2D eigenvalue weighted by molar-refractivity contribution is 0.0264. The van der Waals surface area contributed by atoms with Crippen LogP contribution in [-0.4, -0.2) is 81.7 Å². The number of ether oxygens (including phenoxy) is 3. The van der Waals surface area contributed by atoms with E-state index in [-0.39, 0.29) is 30.1 Å². The van der Waals surface area contributed by atoms with E-state index in [1.807, 2.05) is 34.6 Å². The van der Waals surface area contributed by atoms with Gasteiger partial charge < -0.3 is 29.7 Å². The maximum Gasteiger partial charge on any atom is 0.410 e. The molecule has 9 heteroatoms. The first-order valence-corrected chi connectivity index (χ1v) is 10.5. The molecule has 0 bridgehead atoms. The monoisotopic (exact) mass is 528 g/mol. The van der Waals surface area contributed by atoms with Crippen LogP contribution in [0.3, 0.4) is 0 Å². The molecule has 0 aromatic heterocycles. The van der Waals surface area contributed by atoms with Gasteiger partial charge in [-0.15, -0.1) is 24.0 Å². The van der Waals surface area contributed by atoms with Crippen LogP contribution in [0.15, 0.2) is 4.99 Å². The summed E-state index contributed by atoms with van der Waals surface area (Å²) in [6, 6.07) is 0. The first kappa shape index (κ1) is 28.2. The average Bonchev–Trinajstić information content (AvgIpc) is 3.13. The van der Waals surface area contributed by atoms with E-state index in [1.165, 1.54) is 0 Å². The quantitative estimate of drug-likeness (QED) is 0.186. The van der Waals surface area contributed by atoms with Crippen molar-refractivity contribution in [3.05, 3.63) is 0 Å². The van der Waals surface area contributed by atoms with Gasteiger partial charge in [0.05, 0.1) is 13.2 Å². The van der Waals surface area contributed by atoms with Crippen molar-refractivity contribution in [3.8, 4) is 0 Å². The van der Waals surface area contributed by atoms with Crippen molar-refractivity contribution < 1.29 is 19.0 Å². The third kappa shape index (κ3) is 13.9. The lowest BCUT2D eigenvalue weighted by Gasteiger charge is -2.26. The smallest absolute Gasteiger partial charge is 0.410 e. The summed E-state index contributed by atoms with van der Waals surface area (Å²) >= 11 is 0. The summed E-state index contributed by atoms with van der Waals surface area (Å²) in [4.78, 5) is 18.4. The fourth-order valence-electron chi connectivity index (χ4n) is 2.68. The van der Waals surface area contributed by atoms with Crippen molar-refractivity contribution in [2.45, 2.75) is 53.1 Å². The van der Waals surface area contributed by atoms with E-state index in [9.17, 15) is 4.79 Å². The van der Waals surface area contributed by atoms with Gasteiger partial charge in [-0.3, -0.25) is 4.99 Å². The molecule has 0 radical (unpaired) electrons. The van der Waals surface area contributed by atoms with Gasteiger partial charge in [0.2, 0.25) is 0 Å². The minimum atomic E-state index is -0.485. The highest BCUT2D eigenvalue weighted by Crippen LogP contribution is 2.12. The second kappa shape index (κ2) is 16.0. The Balaban J connectivity index is 0.00000784. The van der Waals surface area contributed by atoms with Gasteiger partial charge in [0.15, 0.2) is 5.96 Å². The van der Waals surface area contributed by atoms with Gasteiger partial charge in [-0.2, -0.15) is 0 Å². The molecule has 0 aromatic carbocycles. The zero-order valence-electron chi connectivity index (χ0n) is 18.8. The molecule has 0 spiro atoms. The molecule has 1 rings (SSSR count). The van der Waals surface area contributed by atoms with Crippen LogP contribution in [0.2, 0.25) is 0 Å². The molecule has 1 unspecified atom stereocenters. The van der Waals surface area contributed by atoms with Crippen LogP contribution < -0.4 is 10.6 Å². The third-order valence-electron chi connectivity index (χ3n) is 4.15. The Hall–Kier alpha value is -0.810. The molecule has 29 heavy (non-hydrogen) atoms. The summed E-state index contributed by atoms with van der Waals surface area (Å²) in [6.07, 6.45) is 1.69. The summed E-state index contributed by atoms with van der Waals surface area (Å²) in [7, 11) is 0. The highest BCUT2D eigenvalue weighted by molar-refractivity contribution is 14.0. The number of amides is 1. The summed E-state index contributed by atoms with van der Waals surface area (Å²) < 4.78 is 16.5. The number of halogens is 1. The molecule has 1 aliphatic rings. The molecule has 1 heterocycles.